The smallest absolute Gasteiger partial charge is 0.225 e. The van der Waals surface area contributed by atoms with Crippen LogP contribution < -0.4 is 10.6 Å². The van der Waals surface area contributed by atoms with Gasteiger partial charge in [0.05, 0.1) is 0 Å². The summed E-state index contributed by atoms with van der Waals surface area (Å²) in [6, 6.07) is 9.63. The number of carbonyl (C=O) groups is 1. The molecule has 0 aliphatic carbocycles. The van der Waals surface area contributed by atoms with Gasteiger partial charge in [-0.1, -0.05) is 44.5 Å². The monoisotopic (exact) mass is 541 g/mol. The van der Waals surface area contributed by atoms with Crippen LogP contribution >= 0.6 is 24.0 Å². The maximum atomic E-state index is 12.2. The fourth-order valence-electron chi connectivity index (χ4n) is 4.51. The van der Waals surface area contributed by atoms with Crippen LogP contribution in [-0.4, -0.2) is 60.4 Å². The Bertz CT molecular complexity index is 738. The summed E-state index contributed by atoms with van der Waals surface area (Å²) in [6.45, 7) is 10.8. The predicted molar refractivity (Wildman–Crippen MR) is 139 cm³/mol. The van der Waals surface area contributed by atoms with Gasteiger partial charge in [0.2, 0.25) is 5.91 Å². The molecule has 0 spiro atoms. The van der Waals surface area contributed by atoms with E-state index in [4.69, 9.17) is 0 Å². The number of carbonyl (C=O) groups excluding carboxylic acids is 1. The van der Waals surface area contributed by atoms with Crippen LogP contribution in [-0.2, 0) is 17.9 Å². The van der Waals surface area contributed by atoms with Gasteiger partial charge >= 0.3 is 0 Å². The van der Waals surface area contributed by atoms with E-state index in [9.17, 15) is 4.79 Å². The van der Waals surface area contributed by atoms with Crippen molar-refractivity contribution in [1.29, 1.82) is 0 Å². The lowest BCUT2D eigenvalue weighted by atomic mass is 10.0. The van der Waals surface area contributed by atoms with Crippen molar-refractivity contribution in [2.24, 2.45) is 10.9 Å². The molecule has 1 aromatic carbocycles. The Labute approximate surface area is 205 Å². The molecule has 2 atom stereocenters. The molecule has 7 heteroatoms. The number of nitrogens with one attached hydrogen (secondary N) is 2. The third kappa shape index (κ3) is 7.34. The van der Waals surface area contributed by atoms with E-state index in [0.29, 0.717) is 6.04 Å². The number of aliphatic imine (C=N–C) groups is 1. The summed E-state index contributed by atoms with van der Waals surface area (Å²) in [5, 5.41) is 6.99. The molecule has 2 aliphatic heterocycles. The second-order valence-electron chi connectivity index (χ2n) is 9.08. The number of amides is 1. The van der Waals surface area contributed by atoms with Crippen molar-refractivity contribution in [3.63, 3.8) is 0 Å². The van der Waals surface area contributed by atoms with E-state index in [1.165, 1.54) is 36.9 Å². The van der Waals surface area contributed by atoms with Crippen LogP contribution in [0, 0.1) is 5.92 Å². The standard InChI is InChI=1S/C24H39N5O.HI/c1-18(2)23(30)29-14-12-22(17-29)27-24(25-4)26-15-20-10-5-6-11-21(20)16-28-13-8-7-9-19(28)3;/h5-6,10-11,18-19,22H,7-9,12-17H2,1-4H3,(H2,25,26,27);1H. The highest BCUT2D eigenvalue weighted by atomic mass is 127. The summed E-state index contributed by atoms with van der Waals surface area (Å²) in [6.07, 6.45) is 4.92. The third-order valence-corrected chi connectivity index (χ3v) is 6.44. The van der Waals surface area contributed by atoms with Crippen LogP contribution in [0.25, 0.3) is 0 Å². The molecule has 0 radical (unpaired) electrons. The summed E-state index contributed by atoms with van der Waals surface area (Å²) in [5.41, 5.74) is 2.71. The fraction of sp³-hybridized carbons (Fsp3) is 0.667. The van der Waals surface area contributed by atoms with E-state index in [1.54, 1.807) is 0 Å². The summed E-state index contributed by atoms with van der Waals surface area (Å²) >= 11 is 0. The first-order valence-corrected chi connectivity index (χ1v) is 11.5. The van der Waals surface area contributed by atoms with E-state index in [1.807, 2.05) is 25.8 Å². The second kappa shape index (κ2) is 12.6. The minimum atomic E-state index is 0. The normalized spacial score (nSPS) is 22.4. The van der Waals surface area contributed by atoms with Crippen LogP contribution in [0.3, 0.4) is 0 Å². The van der Waals surface area contributed by atoms with Crippen molar-refractivity contribution >= 4 is 35.8 Å². The van der Waals surface area contributed by atoms with Crippen LogP contribution in [0.2, 0.25) is 0 Å². The van der Waals surface area contributed by atoms with Gasteiger partial charge in [-0.3, -0.25) is 14.7 Å². The Hall–Kier alpha value is -1.35. The van der Waals surface area contributed by atoms with Crippen molar-refractivity contribution in [3.05, 3.63) is 35.4 Å². The second-order valence-corrected chi connectivity index (χ2v) is 9.08. The molecule has 2 saturated heterocycles. The molecule has 2 unspecified atom stereocenters. The van der Waals surface area contributed by atoms with Gasteiger partial charge in [-0.2, -0.15) is 0 Å². The number of halogens is 1. The average molecular weight is 542 g/mol. The van der Waals surface area contributed by atoms with E-state index >= 15 is 0 Å². The molecule has 3 rings (SSSR count). The van der Waals surface area contributed by atoms with Crippen molar-refractivity contribution in [2.75, 3.05) is 26.7 Å². The summed E-state index contributed by atoms with van der Waals surface area (Å²) in [7, 11) is 1.81. The van der Waals surface area contributed by atoms with E-state index in [0.717, 1.165) is 38.6 Å². The Morgan fingerprint density at radius 1 is 1.16 bits per heavy atom. The first-order chi connectivity index (χ1) is 14.5. The highest BCUT2D eigenvalue weighted by molar-refractivity contribution is 14.0. The molecule has 0 aromatic heterocycles. The number of hydrogen-bond donors (Lipinski definition) is 2. The molecule has 2 fully saturated rings. The van der Waals surface area contributed by atoms with Crippen molar-refractivity contribution < 1.29 is 4.79 Å². The minimum Gasteiger partial charge on any atom is -0.352 e. The SMILES string of the molecule is CN=C(NCc1ccccc1CN1CCCCC1C)NC1CCN(C(=O)C(C)C)C1.I. The highest BCUT2D eigenvalue weighted by Gasteiger charge is 2.28. The van der Waals surface area contributed by atoms with Crippen molar-refractivity contribution in [1.82, 2.24) is 20.4 Å². The summed E-state index contributed by atoms with van der Waals surface area (Å²) in [4.78, 5) is 21.2. The van der Waals surface area contributed by atoms with Crippen LogP contribution in [0.1, 0.15) is 57.6 Å². The van der Waals surface area contributed by atoms with Gasteiger partial charge in [0.25, 0.3) is 0 Å². The van der Waals surface area contributed by atoms with Gasteiger partial charge in [-0.25, -0.2) is 0 Å². The molecule has 1 aromatic rings. The molecule has 2 N–H and O–H groups in total. The van der Waals surface area contributed by atoms with E-state index in [2.05, 4.69) is 51.7 Å². The van der Waals surface area contributed by atoms with Gasteiger partial charge in [-0.05, 0) is 43.9 Å². The number of piperidine rings is 1. The third-order valence-electron chi connectivity index (χ3n) is 6.44. The van der Waals surface area contributed by atoms with Gasteiger partial charge in [-0.15, -0.1) is 24.0 Å². The predicted octanol–water partition coefficient (Wildman–Crippen LogP) is 3.60. The molecule has 2 heterocycles. The Balaban J connectivity index is 0.00000341. The number of hydrogen-bond acceptors (Lipinski definition) is 3. The highest BCUT2D eigenvalue weighted by Crippen LogP contribution is 2.21. The Kier molecular flexibility index (Phi) is 10.6. The maximum Gasteiger partial charge on any atom is 0.225 e. The molecular weight excluding hydrogens is 501 g/mol. The Morgan fingerprint density at radius 3 is 2.58 bits per heavy atom. The molecule has 2 aliphatic rings. The van der Waals surface area contributed by atoms with Gasteiger partial charge in [0, 0.05) is 51.2 Å². The molecule has 0 saturated carbocycles. The maximum absolute atomic E-state index is 12.2. The van der Waals surface area contributed by atoms with Crippen LogP contribution in [0.5, 0.6) is 0 Å². The lowest BCUT2D eigenvalue weighted by Crippen LogP contribution is -2.45. The number of guanidine groups is 1. The lowest BCUT2D eigenvalue weighted by Gasteiger charge is -2.33. The fourth-order valence-corrected chi connectivity index (χ4v) is 4.51. The zero-order valence-corrected chi connectivity index (χ0v) is 21.9. The lowest BCUT2D eigenvalue weighted by molar-refractivity contribution is -0.133. The minimum absolute atomic E-state index is 0. The van der Waals surface area contributed by atoms with Gasteiger partial charge in [0.15, 0.2) is 5.96 Å². The van der Waals surface area contributed by atoms with Gasteiger partial charge in [0.1, 0.15) is 0 Å². The Morgan fingerprint density at radius 2 is 1.90 bits per heavy atom. The topological polar surface area (TPSA) is 60.0 Å². The molecule has 174 valence electrons. The van der Waals surface area contributed by atoms with E-state index < -0.39 is 0 Å². The summed E-state index contributed by atoms with van der Waals surface area (Å²) < 4.78 is 0. The number of rotatable bonds is 6. The molecule has 6 nitrogen and oxygen atoms in total. The zero-order chi connectivity index (χ0) is 21.5. The first kappa shape index (κ1) is 25.9. The quantitative estimate of drug-likeness (QED) is 0.329. The molecule has 0 bridgehead atoms. The molecular formula is C24H40IN5O. The van der Waals surface area contributed by atoms with E-state index in [-0.39, 0.29) is 41.8 Å². The van der Waals surface area contributed by atoms with Gasteiger partial charge < -0.3 is 15.5 Å². The van der Waals surface area contributed by atoms with Crippen LogP contribution in [0.15, 0.2) is 29.3 Å². The molecule has 1 amide bonds. The summed E-state index contributed by atoms with van der Waals surface area (Å²) in [5.74, 6) is 1.10. The number of likely N-dealkylation sites (tertiary alicyclic amines) is 2. The number of benzene rings is 1. The first-order valence-electron chi connectivity index (χ1n) is 11.5. The van der Waals surface area contributed by atoms with Crippen molar-refractivity contribution in [2.45, 2.75) is 71.6 Å². The largest absolute Gasteiger partial charge is 0.352 e. The van der Waals surface area contributed by atoms with Crippen LogP contribution in [0.4, 0.5) is 0 Å². The van der Waals surface area contributed by atoms with Crippen molar-refractivity contribution in [3.8, 4) is 0 Å². The molecule has 31 heavy (non-hydrogen) atoms. The number of nitrogens with zero attached hydrogens (tertiary/aromatic N) is 3. The average Bonchev–Trinajstić information content (AvgIpc) is 3.21. The zero-order valence-electron chi connectivity index (χ0n) is 19.6.